The van der Waals surface area contributed by atoms with Crippen molar-refractivity contribution in [3.8, 4) is 0 Å². The number of hydrogen-bond acceptors (Lipinski definition) is 3. The molecule has 2 rings (SSSR count). The van der Waals surface area contributed by atoms with Crippen molar-refractivity contribution in [2.45, 2.75) is 38.8 Å². The first-order valence-corrected chi connectivity index (χ1v) is 8.47. The van der Waals surface area contributed by atoms with Gasteiger partial charge in [0, 0.05) is 29.8 Å². The van der Waals surface area contributed by atoms with Gasteiger partial charge in [-0.3, -0.25) is 4.90 Å². The van der Waals surface area contributed by atoms with Gasteiger partial charge >= 0.3 is 0 Å². The maximum absolute atomic E-state index is 13.8. The molecule has 0 radical (unpaired) electrons. The molecule has 0 amide bonds. The predicted octanol–water partition coefficient (Wildman–Crippen LogP) is 3.05. The number of piperidine rings is 1. The maximum atomic E-state index is 13.8. The molecule has 1 aliphatic heterocycles. The predicted molar refractivity (Wildman–Crippen MR) is 88.6 cm³/mol. The molecule has 124 valence electrons. The number of aliphatic hydroxyl groups is 1. The average molecular weight is 329 g/mol. The van der Waals surface area contributed by atoms with E-state index in [1.807, 2.05) is 0 Å². The first-order chi connectivity index (χ1) is 10.6. The van der Waals surface area contributed by atoms with Crippen molar-refractivity contribution in [1.29, 1.82) is 0 Å². The van der Waals surface area contributed by atoms with E-state index in [4.69, 9.17) is 16.7 Å². The number of benzene rings is 1. The van der Waals surface area contributed by atoms with Crippen LogP contribution in [0.2, 0.25) is 5.02 Å². The van der Waals surface area contributed by atoms with Gasteiger partial charge in [0.1, 0.15) is 5.82 Å². The van der Waals surface area contributed by atoms with Crippen molar-refractivity contribution in [3.63, 3.8) is 0 Å². The summed E-state index contributed by atoms with van der Waals surface area (Å²) in [5.74, 6) is 0.283. The lowest BCUT2D eigenvalue weighted by atomic mass is 10.0. The molecule has 1 atom stereocenters. The summed E-state index contributed by atoms with van der Waals surface area (Å²) in [5, 5.41) is 13.0. The van der Waals surface area contributed by atoms with Crippen LogP contribution in [0.1, 0.15) is 31.7 Å². The van der Waals surface area contributed by atoms with Gasteiger partial charge in [-0.1, -0.05) is 24.6 Å². The monoisotopic (exact) mass is 328 g/mol. The molecule has 3 nitrogen and oxygen atoms in total. The van der Waals surface area contributed by atoms with Crippen LogP contribution in [0.3, 0.4) is 0 Å². The lowest BCUT2D eigenvalue weighted by molar-refractivity contribution is 0.184. The Morgan fingerprint density at radius 3 is 2.77 bits per heavy atom. The Labute approximate surface area is 137 Å². The molecule has 0 aromatic heterocycles. The second-order valence-electron chi connectivity index (χ2n) is 6.28. The molecule has 5 heteroatoms. The van der Waals surface area contributed by atoms with E-state index >= 15 is 0 Å². The van der Waals surface area contributed by atoms with Gasteiger partial charge < -0.3 is 10.4 Å². The lowest BCUT2D eigenvalue weighted by Crippen LogP contribution is -2.43. The fourth-order valence-electron chi connectivity index (χ4n) is 2.89. The third kappa shape index (κ3) is 5.20. The zero-order chi connectivity index (χ0) is 15.9. The Bertz CT molecular complexity index is 444. The number of halogens is 2. The summed E-state index contributed by atoms with van der Waals surface area (Å²) in [6.07, 6.45) is 2.98. The van der Waals surface area contributed by atoms with Crippen LogP contribution in [0.5, 0.6) is 0 Å². The number of likely N-dealkylation sites (tertiary alicyclic amines) is 1. The molecule has 1 saturated heterocycles. The second-order valence-corrected chi connectivity index (χ2v) is 6.68. The van der Waals surface area contributed by atoms with Crippen molar-refractivity contribution in [2.75, 3.05) is 26.2 Å². The highest BCUT2D eigenvalue weighted by atomic mass is 35.5. The second kappa shape index (κ2) is 8.82. The number of rotatable bonds is 7. The molecule has 0 spiro atoms. The molecular weight excluding hydrogens is 303 g/mol. The van der Waals surface area contributed by atoms with E-state index in [2.05, 4.69) is 17.1 Å². The summed E-state index contributed by atoms with van der Waals surface area (Å²) in [5.41, 5.74) is 0.604. The molecular formula is C17H26ClFN2O. The van der Waals surface area contributed by atoms with Crippen molar-refractivity contribution in [2.24, 2.45) is 5.92 Å². The molecule has 1 unspecified atom stereocenters. The van der Waals surface area contributed by atoms with Crippen LogP contribution in [0.15, 0.2) is 18.2 Å². The van der Waals surface area contributed by atoms with Gasteiger partial charge in [0.25, 0.3) is 0 Å². The lowest BCUT2D eigenvalue weighted by Gasteiger charge is -2.33. The van der Waals surface area contributed by atoms with Crippen LogP contribution in [0, 0.1) is 11.7 Å². The van der Waals surface area contributed by atoms with Gasteiger partial charge in [0.05, 0.1) is 0 Å². The van der Waals surface area contributed by atoms with E-state index in [0.717, 1.165) is 38.9 Å². The zero-order valence-electron chi connectivity index (χ0n) is 13.2. The Morgan fingerprint density at radius 1 is 1.41 bits per heavy atom. The first-order valence-electron chi connectivity index (χ1n) is 8.09. The molecule has 0 bridgehead atoms. The normalized spacial score (nSPS) is 18.5. The minimum atomic E-state index is -0.217. The van der Waals surface area contributed by atoms with Gasteiger partial charge in [-0.2, -0.15) is 0 Å². The Morgan fingerprint density at radius 2 is 2.14 bits per heavy atom. The third-order valence-corrected chi connectivity index (χ3v) is 4.76. The molecule has 1 aliphatic rings. The Kier molecular flexibility index (Phi) is 7.09. The Hall–Kier alpha value is -0.680. The molecule has 1 aromatic carbocycles. The highest BCUT2D eigenvalue weighted by Gasteiger charge is 2.21. The number of nitrogens with one attached hydrogen (secondary N) is 1. The van der Waals surface area contributed by atoms with E-state index < -0.39 is 0 Å². The van der Waals surface area contributed by atoms with Gasteiger partial charge in [-0.25, -0.2) is 4.39 Å². The summed E-state index contributed by atoms with van der Waals surface area (Å²) in [4.78, 5) is 2.26. The molecule has 1 aromatic rings. The van der Waals surface area contributed by atoms with Crippen LogP contribution in [-0.2, 0) is 6.54 Å². The van der Waals surface area contributed by atoms with Gasteiger partial charge in [0.15, 0.2) is 0 Å². The summed E-state index contributed by atoms with van der Waals surface area (Å²) in [6.45, 7) is 5.85. The minimum absolute atomic E-state index is 0.217. The van der Waals surface area contributed by atoms with Crippen LogP contribution >= 0.6 is 11.6 Å². The van der Waals surface area contributed by atoms with Gasteiger partial charge in [-0.15, -0.1) is 0 Å². The van der Waals surface area contributed by atoms with E-state index in [0.29, 0.717) is 29.1 Å². The number of hydrogen-bond donors (Lipinski definition) is 2. The van der Waals surface area contributed by atoms with Crippen LogP contribution < -0.4 is 5.32 Å². The zero-order valence-corrected chi connectivity index (χ0v) is 13.9. The topological polar surface area (TPSA) is 35.5 Å². The first kappa shape index (κ1) is 17.7. The molecule has 1 heterocycles. The SMILES string of the molecule is CC(CCO)CNC1CCN(Cc2c(F)cccc2Cl)CC1. The standard InChI is InChI=1S/C17H26ClFN2O/c1-13(7-10-22)11-20-14-5-8-21(9-6-14)12-15-16(18)3-2-4-17(15)19/h2-4,13-14,20,22H,5-12H2,1H3. The van der Waals surface area contributed by atoms with E-state index in [1.54, 1.807) is 12.1 Å². The van der Waals surface area contributed by atoms with Crippen LogP contribution in [0.25, 0.3) is 0 Å². The smallest absolute Gasteiger partial charge is 0.129 e. The van der Waals surface area contributed by atoms with Gasteiger partial charge in [0.2, 0.25) is 0 Å². The molecule has 0 aliphatic carbocycles. The van der Waals surface area contributed by atoms with E-state index in [1.165, 1.54) is 6.07 Å². The fraction of sp³-hybridized carbons (Fsp3) is 0.647. The van der Waals surface area contributed by atoms with Crippen LogP contribution in [0.4, 0.5) is 4.39 Å². The highest BCUT2D eigenvalue weighted by Crippen LogP contribution is 2.22. The molecule has 1 fully saturated rings. The van der Waals surface area contributed by atoms with E-state index in [9.17, 15) is 4.39 Å². The maximum Gasteiger partial charge on any atom is 0.129 e. The van der Waals surface area contributed by atoms with Crippen molar-refractivity contribution in [3.05, 3.63) is 34.6 Å². The molecule has 22 heavy (non-hydrogen) atoms. The highest BCUT2D eigenvalue weighted by molar-refractivity contribution is 6.31. The number of nitrogens with zero attached hydrogens (tertiary/aromatic N) is 1. The van der Waals surface area contributed by atoms with E-state index in [-0.39, 0.29) is 12.4 Å². The Balaban J connectivity index is 1.75. The molecule has 2 N–H and O–H groups in total. The van der Waals surface area contributed by atoms with Crippen LogP contribution in [-0.4, -0.2) is 42.3 Å². The summed E-state index contributed by atoms with van der Waals surface area (Å²) in [7, 11) is 0. The number of aliphatic hydroxyl groups excluding tert-OH is 1. The summed E-state index contributed by atoms with van der Waals surface area (Å²) in [6, 6.07) is 5.38. The molecule has 0 saturated carbocycles. The summed E-state index contributed by atoms with van der Waals surface area (Å²) < 4.78 is 13.8. The minimum Gasteiger partial charge on any atom is -0.396 e. The van der Waals surface area contributed by atoms with Gasteiger partial charge in [-0.05, 0) is 56.9 Å². The quantitative estimate of drug-likeness (QED) is 0.807. The largest absolute Gasteiger partial charge is 0.396 e. The van der Waals surface area contributed by atoms with Crippen molar-refractivity contribution in [1.82, 2.24) is 10.2 Å². The average Bonchev–Trinajstić information content (AvgIpc) is 2.50. The third-order valence-electron chi connectivity index (χ3n) is 4.41. The fourth-order valence-corrected chi connectivity index (χ4v) is 3.12. The van der Waals surface area contributed by atoms with Crippen molar-refractivity contribution >= 4 is 11.6 Å². The summed E-state index contributed by atoms with van der Waals surface area (Å²) >= 11 is 6.09. The van der Waals surface area contributed by atoms with Crippen molar-refractivity contribution < 1.29 is 9.50 Å².